The molecule has 1 aromatic heterocycles. The summed E-state index contributed by atoms with van der Waals surface area (Å²) in [5.41, 5.74) is 1.86. The van der Waals surface area contributed by atoms with Gasteiger partial charge in [-0.3, -0.25) is 9.80 Å². The van der Waals surface area contributed by atoms with Gasteiger partial charge in [0.25, 0.3) is 0 Å². The van der Waals surface area contributed by atoms with Crippen LogP contribution in [0.4, 0.5) is 10.6 Å². The third-order valence-electron chi connectivity index (χ3n) is 5.62. The number of pyridine rings is 1. The molecule has 3 rings (SSSR count). The zero-order valence-corrected chi connectivity index (χ0v) is 19.0. The van der Waals surface area contributed by atoms with Crippen molar-refractivity contribution in [1.82, 2.24) is 9.88 Å². The number of benzene rings is 1. The Kier molecular flexibility index (Phi) is 7.14. The molecule has 5 heteroatoms. The van der Waals surface area contributed by atoms with Gasteiger partial charge in [0.05, 0.1) is 0 Å². The highest BCUT2D eigenvalue weighted by molar-refractivity contribution is 5.88. The van der Waals surface area contributed by atoms with E-state index in [1.165, 1.54) is 5.56 Å². The number of aromatic nitrogens is 1. The smallest absolute Gasteiger partial charge is 0.416 e. The molecule has 0 N–H and O–H groups in total. The van der Waals surface area contributed by atoms with Crippen LogP contribution in [0.5, 0.6) is 0 Å². The van der Waals surface area contributed by atoms with Gasteiger partial charge >= 0.3 is 6.09 Å². The summed E-state index contributed by atoms with van der Waals surface area (Å²) in [6.07, 6.45) is 4.47. The molecule has 2 atom stereocenters. The van der Waals surface area contributed by atoms with E-state index in [2.05, 4.69) is 60.1 Å². The Bertz CT molecular complexity index is 832. The molecule has 5 nitrogen and oxygen atoms in total. The van der Waals surface area contributed by atoms with E-state index in [1.54, 1.807) is 11.1 Å². The van der Waals surface area contributed by atoms with Gasteiger partial charge in [-0.15, -0.1) is 0 Å². The monoisotopic (exact) mass is 409 g/mol. The fourth-order valence-corrected chi connectivity index (χ4v) is 4.03. The van der Waals surface area contributed by atoms with Crippen molar-refractivity contribution in [2.45, 2.75) is 78.1 Å². The molecule has 0 saturated carbocycles. The van der Waals surface area contributed by atoms with Gasteiger partial charge in [-0.2, -0.15) is 0 Å². The Morgan fingerprint density at radius 3 is 2.63 bits per heavy atom. The lowest BCUT2D eigenvalue weighted by molar-refractivity contribution is 0.0565. The number of hydrogen-bond acceptors (Lipinski definition) is 4. The van der Waals surface area contributed by atoms with Crippen LogP contribution in [0.15, 0.2) is 48.7 Å². The maximum absolute atomic E-state index is 13.1. The summed E-state index contributed by atoms with van der Waals surface area (Å²) in [5.74, 6) is 0.728. The first-order chi connectivity index (χ1) is 14.3. The number of ether oxygens (including phenoxy) is 1. The van der Waals surface area contributed by atoms with Crippen LogP contribution >= 0.6 is 0 Å². The molecular weight excluding hydrogens is 374 g/mol. The van der Waals surface area contributed by atoms with E-state index in [1.807, 2.05) is 26.8 Å². The number of amides is 1. The summed E-state index contributed by atoms with van der Waals surface area (Å²) in [4.78, 5) is 22.1. The highest BCUT2D eigenvalue weighted by atomic mass is 16.6. The van der Waals surface area contributed by atoms with Crippen LogP contribution in [0.3, 0.4) is 0 Å². The van der Waals surface area contributed by atoms with Gasteiger partial charge in [0.15, 0.2) is 0 Å². The maximum atomic E-state index is 13.1. The molecule has 0 spiro atoms. The first-order valence-electron chi connectivity index (χ1n) is 11.0. The minimum Gasteiger partial charge on any atom is -0.443 e. The number of hydrogen-bond donors (Lipinski definition) is 0. The Morgan fingerprint density at radius 2 is 1.97 bits per heavy atom. The predicted molar refractivity (Wildman–Crippen MR) is 122 cm³/mol. The van der Waals surface area contributed by atoms with Crippen molar-refractivity contribution < 1.29 is 9.53 Å². The Morgan fingerprint density at radius 1 is 1.23 bits per heavy atom. The van der Waals surface area contributed by atoms with Crippen molar-refractivity contribution in [1.29, 1.82) is 0 Å². The minimum absolute atomic E-state index is 0.00234. The predicted octanol–water partition coefficient (Wildman–Crippen LogP) is 5.96. The second kappa shape index (κ2) is 9.61. The van der Waals surface area contributed by atoms with Crippen LogP contribution in [-0.4, -0.2) is 34.2 Å². The van der Waals surface area contributed by atoms with Gasteiger partial charge < -0.3 is 4.74 Å². The molecule has 0 radical (unpaired) electrons. The fraction of sp³-hybridized carbons (Fsp3) is 0.520. The van der Waals surface area contributed by atoms with Gasteiger partial charge in [0, 0.05) is 30.4 Å². The second-order valence-corrected chi connectivity index (χ2v) is 9.14. The van der Waals surface area contributed by atoms with Crippen LogP contribution in [0.2, 0.25) is 0 Å². The normalized spacial score (nSPS) is 18.2. The molecule has 1 saturated heterocycles. The van der Waals surface area contributed by atoms with Crippen molar-refractivity contribution in [2.24, 2.45) is 0 Å². The first-order valence-corrected chi connectivity index (χ1v) is 11.0. The zero-order chi connectivity index (χ0) is 21.7. The third kappa shape index (κ3) is 5.39. The van der Waals surface area contributed by atoms with E-state index < -0.39 is 5.60 Å². The van der Waals surface area contributed by atoms with Crippen molar-refractivity contribution in [2.75, 3.05) is 11.4 Å². The molecule has 1 aliphatic heterocycles. The van der Waals surface area contributed by atoms with E-state index in [0.29, 0.717) is 0 Å². The molecule has 1 aromatic carbocycles. The minimum atomic E-state index is -0.551. The quantitative estimate of drug-likeness (QED) is 0.591. The molecule has 30 heavy (non-hydrogen) atoms. The van der Waals surface area contributed by atoms with E-state index in [9.17, 15) is 4.79 Å². The van der Waals surface area contributed by atoms with Crippen molar-refractivity contribution >= 4 is 11.9 Å². The van der Waals surface area contributed by atoms with Gasteiger partial charge in [-0.05, 0) is 65.1 Å². The van der Waals surface area contributed by atoms with Gasteiger partial charge in [0.1, 0.15) is 11.4 Å². The molecule has 0 aliphatic carbocycles. The van der Waals surface area contributed by atoms with Crippen LogP contribution in [0.1, 0.15) is 71.0 Å². The fourth-order valence-electron chi connectivity index (χ4n) is 4.03. The molecule has 0 bridgehead atoms. The van der Waals surface area contributed by atoms with Crippen LogP contribution in [-0.2, 0) is 11.3 Å². The maximum Gasteiger partial charge on any atom is 0.416 e. The van der Waals surface area contributed by atoms with Crippen molar-refractivity contribution in [3.63, 3.8) is 0 Å². The number of nitrogens with zero attached hydrogens (tertiary/aromatic N) is 3. The Hall–Kier alpha value is -2.40. The topological polar surface area (TPSA) is 45.7 Å². The van der Waals surface area contributed by atoms with E-state index in [4.69, 9.17) is 4.74 Å². The van der Waals surface area contributed by atoms with E-state index >= 15 is 0 Å². The highest BCUT2D eigenvalue weighted by Crippen LogP contribution is 2.38. The summed E-state index contributed by atoms with van der Waals surface area (Å²) in [6.45, 7) is 11.8. The lowest BCUT2D eigenvalue weighted by Gasteiger charge is -2.34. The van der Waals surface area contributed by atoms with Crippen LogP contribution in [0.25, 0.3) is 0 Å². The molecule has 1 amide bonds. The summed E-state index contributed by atoms with van der Waals surface area (Å²) < 4.78 is 5.75. The molecule has 2 heterocycles. The zero-order valence-electron chi connectivity index (χ0n) is 19.0. The molecule has 1 aliphatic rings. The van der Waals surface area contributed by atoms with Crippen molar-refractivity contribution in [3.05, 3.63) is 59.8 Å². The first kappa shape index (κ1) is 22.3. The van der Waals surface area contributed by atoms with Gasteiger partial charge in [-0.25, -0.2) is 9.78 Å². The second-order valence-electron chi connectivity index (χ2n) is 9.14. The van der Waals surface area contributed by atoms with Crippen molar-refractivity contribution in [3.8, 4) is 0 Å². The molecule has 162 valence electrons. The Balaban J connectivity index is 1.93. The lowest BCUT2D eigenvalue weighted by atomic mass is 10.0. The largest absolute Gasteiger partial charge is 0.443 e. The molecule has 1 fully saturated rings. The van der Waals surface area contributed by atoms with Crippen LogP contribution in [0, 0.1) is 0 Å². The summed E-state index contributed by atoms with van der Waals surface area (Å²) >= 11 is 0. The van der Waals surface area contributed by atoms with Crippen LogP contribution < -0.4 is 4.90 Å². The average Bonchev–Trinajstić information content (AvgIpc) is 3.15. The number of rotatable bonds is 6. The number of carbonyl (C=O) groups excluding carboxylic acids is 1. The SMILES string of the molecule is CC[C@@H](C)N(C(=O)OC(C)(C)C)c1ncccc1[C@@H]1CCCN1Cc1ccccc1. The molecule has 0 unspecified atom stereocenters. The average molecular weight is 410 g/mol. The number of likely N-dealkylation sites (tertiary alicyclic amines) is 1. The summed E-state index contributed by atoms with van der Waals surface area (Å²) in [7, 11) is 0. The summed E-state index contributed by atoms with van der Waals surface area (Å²) in [5, 5.41) is 0. The Labute approximate surface area is 181 Å². The molecule has 2 aromatic rings. The lowest BCUT2D eigenvalue weighted by Crippen LogP contribution is -2.43. The van der Waals surface area contributed by atoms with Gasteiger partial charge in [0.2, 0.25) is 0 Å². The molecular formula is C25H35N3O2. The highest BCUT2D eigenvalue weighted by Gasteiger charge is 2.34. The van der Waals surface area contributed by atoms with E-state index in [0.717, 1.165) is 43.7 Å². The third-order valence-corrected chi connectivity index (χ3v) is 5.62. The van der Waals surface area contributed by atoms with E-state index in [-0.39, 0.29) is 18.2 Å². The van der Waals surface area contributed by atoms with Gasteiger partial charge in [-0.1, -0.05) is 43.3 Å². The number of anilines is 1. The number of carbonyl (C=O) groups is 1. The standard InChI is InChI=1S/C25H35N3O2/c1-6-19(2)28(24(29)30-25(3,4)5)23-21(14-10-16-26-23)22-15-11-17-27(22)18-20-12-8-7-9-13-20/h7-10,12-14,16,19,22H,6,11,15,17-18H2,1-5H3/t19-,22+/m1/s1. The summed E-state index contributed by atoms with van der Waals surface area (Å²) in [6, 6.07) is 14.9.